The van der Waals surface area contributed by atoms with E-state index < -0.39 is 17.4 Å². The zero-order valence-electron chi connectivity index (χ0n) is 11.6. The summed E-state index contributed by atoms with van der Waals surface area (Å²) >= 11 is 5.94. The number of carbonyl (C=O) groups is 2. The summed E-state index contributed by atoms with van der Waals surface area (Å²) in [7, 11) is 0. The summed E-state index contributed by atoms with van der Waals surface area (Å²) in [6, 6.07) is 1.40. The van der Waals surface area contributed by atoms with E-state index in [1.54, 1.807) is 13.8 Å². The first-order chi connectivity index (χ1) is 9.34. The smallest absolute Gasteiger partial charge is 0.329 e. The van der Waals surface area contributed by atoms with Crippen LogP contribution in [0.15, 0.2) is 12.3 Å². The van der Waals surface area contributed by atoms with Gasteiger partial charge in [0.15, 0.2) is 0 Å². The van der Waals surface area contributed by atoms with Crippen molar-refractivity contribution in [1.82, 2.24) is 10.3 Å². The normalized spacial score (nSPS) is 13.4. The Balaban J connectivity index is 2.93. The highest BCUT2D eigenvalue weighted by Crippen LogP contribution is 2.22. The van der Waals surface area contributed by atoms with Crippen molar-refractivity contribution < 1.29 is 19.4 Å². The summed E-state index contributed by atoms with van der Waals surface area (Å²) in [6.45, 7) is 5.32. The molecule has 2 N–H and O–H groups in total. The Labute approximate surface area is 122 Å². The minimum absolute atomic E-state index is 0.180. The van der Waals surface area contributed by atoms with Gasteiger partial charge in [0.2, 0.25) is 5.88 Å². The summed E-state index contributed by atoms with van der Waals surface area (Å²) in [6.07, 6.45) is 1.55. The average Bonchev–Trinajstić information content (AvgIpc) is 2.40. The van der Waals surface area contributed by atoms with Crippen LogP contribution in [-0.4, -0.2) is 34.1 Å². The van der Waals surface area contributed by atoms with Crippen molar-refractivity contribution in [2.45, 2.75) is 32.7 Å². The van der Waals surface area contributed by atoms with Crippen LogP contribution < -0.4 is 10.1 Å². The third kappa shape index (κ3) is 3.60. The molecule has 0 aliphatic carbocycles. The van der Waals surface area contributed by atoms with Crippen LogP contribution in [-0.2, 0) is 4.79 Å². The van der Waals surface area contributed by atoms with Crippen molar-refractivity contribution in [3.05, 3.63) is 22.8 Å². The number of pyridine rings is 1. The van der Waals surface area contributed by atoms with E-state index in [9.17, 15) is 9.59 Å². The summed E-state index contributed by atoms with van der Waals surface area (Å²) in [4.78, 5) is 27.1. The summed E-state index contributed by atoms with van der Waals surface area (Å²) in [5, 5.41) is 11.8. The van der Waals surface area contributed by atoms with E-state index in [1.165, 1.54) is 19.2 Å². The molecule has 0 aromatic carbocycles. The van der Waals surface area contributed by atoms with Gasteiger partial charge in [-0.3, -0.25) is 4.79 Å². The van der Waals surface area contributed by atoms with Crippen LogP contribution in [0.4, 0.5) is 0 Å². The highest BCUT2D eigenvalue weighted by atomic mass is 35.5. The monoisotopic (exact) mass is 300 g/mol. The lowest BCUT2D eigenvalue weighted by atomic mass is 9.99. The first-order valence-electron chi connectivity index (χ1n) is 6.18. The molecule has 0 bridgehead atoms. The second-order valence-corrected chi connectivity index (χ2v) is 4.80. The van der Waals surface area contributed by atoms with Gasteiger partial charge in [0.25, 0.3) is 5.91 Å². The Morgan fingerprint density at radius 1 is 1.50 bits per heavy atom. The molecule has 0 fully saturated rings. The summed E-state index contributed by atoms with van der Waals surface area (Å²) in [5.74, 6) is -1.41. The van der Waals surface area contributed by atoms with Gasteiger partial charge < -0.3 is 15.2 Å². The van der Waals surface area contributed by atoms with E-state index >= 15 is 0 Å². The minimum Gasteiger partial charge on any atom is -0.480 e. The second kappa shape index (κ2) is 6.56. The number of nitrogens with one attached hydrogen (secondary N) is 1. The Morgan fingerprint density at radius 2 is 2.15 bits per heavy atom. The number of hydrogen-bond donors (Lipinski definition) is 2. The Kier molecular flexibility index (Phi) is 5.33. The molecule has 1 heterocycles. The molecule has 6 nitrogen and oxygen atoms in total. The predicted octanol–water partition coefficient (Wildman–Crippen LogP) is 2.12. The fraction of sp³-hybridized carbons (Fsp3) is 0.462. The number of nitrogens with zero attached hydrogens (tertiary/aromatic N) is 1. The van der Waals surface area contributed by atoms with Gasteiger partial charge >= 0.3 is 5.97 Å². The molecule has 0 aliphatic heterocycles. The summed E-state index contributed by atoms with van der Waals surface area (Å²) in [5.41, 5.74) is -1.15. The molecule has 0 saturated carbocycles. The predicted molar refractivity (Wildman–Crippen MR) is 74.2 cm³/mol. The van der Waals surface area contributed by atoms with Gasteiger partial charge in [0.1, 0.15) is 10.6 Å². The number of carboxylic acids is 1. The molecule has 1 rings (SSSR count). The molecule has 0 radical (unpaired) electrons. The van der Waals surface area contributed by atoms with Crippen LogP contribution in [0.1, 0.15) is 37.6 Å². The topological polar surface area (TPSA) is 88.5 Å². The number of hydrogen-bond acceptors (Lipinski definition) is 4. The van der Waals surface area contributed by atoms with Crippen molar-refractivity contribution in [2.24, 2.45) is 0 Å². The molecule has 1 unspecified atom stereocenters. The molecule has 0 spiro atoms. The maximum Gasteiger partial charge on any atom is 0.329 e. The van der Waals surface area contributed by atoms with Crippen LogP contribution in [0.2, 0.25) is 5.02 Å². The number of halogens is 1. The second-order valence-electron chi connectivity index (χ2n) is 4.39. The molecule has 7 heteroatoms. The standard InChI is InChI=1S/C13H17ClN2O4/c1-4-13(3,12(18)19)16-10(17)8-6-9(14)11(15-7-8)20-5-2/h6-7H,4-5H2,1-3H3,(H,16,17)(H,18,19). The van der Waals surface area contributed by atoms with Crippen molar-refractivity contribution in [1.29, 1.82) is 0 Å². The van der Waals surface area contributed by atoms with Gasteiger partial charge in [-0.05, 0) is 26.3 Å². The number of amides is 1. The van der Waals surface area contributed by atoms with E-state index in [1.807, 2.05) is 0 Å². The highest BCUT2D eigenvalue weighted by molar-refractivity contribution is 6.32. The molecule has 0 saturated heterocycles. The van der Waals surface area contributed by atoms with E-state index in [4.69, 9.17) is 21.4 Å². The zero-order valence-corrected chi connectivity index (χ0v) is 12.3. The first-order valence-corrected chi connectivity index (χ1v) is 6.56. The van der Waals surface area contributed by atoms with Crippen molar-refractivity contribution in [3.8, 4) is 5.88 Å². The Hall–Kier alpha value is -1.82. The maximum atomic E-state index is 12.0. The number of aliphatic carboxylic acids is 1. The number of rotatable bonds is 6. The van der Waals surface area contributed by atoms with Gasteiger partial charge in [0, 0.05) is 6.20 Å². The average molecular weight is 301 g/mol. The lowest BCUT2D eigenvalue weighted by Gasteiger charge is -2.24. The fourth-order valence-corrected chi connectivity index (χ4v) is 1.63. The van der Waals surface area contributed by atoms with Gasteiger partial charge in [-0.2, -0.15) is 0 Å². The summed E-state index contributed by atoms with van der Waals surface area (Å²) < 4.78 is 5.16. The van der Waals surface area contributed by atoms with Crippen LogP contribution >= 0.6 is 11.6 Å². The quantitative estimate of drug-likeness (QED) is 0.840. The van der Waals surface area contributed by atoms with E-state index in [2.05, 4.69) is 10.3 Å². The van der Waals surface area contributed by atoms with Crippen LogP contribution in [0.25, 0.3) is 0 Å². The lowest BCUT2D eigenvalue weighted by Crippen LogP contribution is -2.51. The SMILES string of the molecule is CCOc1ncc(C(=O)NC(C)(CC)C(=O)O)cc1Cl. The largest absolute Gasteiger partial charge is 0.480 e. The van der Waals surface area contributed by atoms with Crippen molar-refractivity contribution in [3.63, 3.8) is 0 Å². The van der Waals surface area contributed by atoms with Crippen LogP contribution in [0, 0.1) is 0 Å². The molecule has 1 atom stereocenters. The number of ether oxygens (including phenoxy) is 1. The van der Waals surface area contributed by atoms with Gasteiger partial charge in [-0.1, -0.05) is 18.5 Å². The van der Waals surface area contributed by atoms with E-state index in [-0.39, 0.29) is 22.9 Å². The van der Waals surface area contributed by atoms with E-state index in [0.717, 1.165) is 0 Å². The minimum atomic E-state index is -1.33. The molecule has 110 valence electrons. The molecule has 20 heavy (non-hydrogen) atoms. The number of carboxylic acid groups (broad SMARTS) is 1. The number of aromatic nitrogens is 1. The molecule has 1 amide bonds. The first kappa shape index (κ1) is 16.2. The Morgan fingerprint density at radius 3 is 2.60 bits per heavy atom. The van der Waals surface area contributed by atoms with Crippen molar-refractivity contribution >= 4 is 23.5 Å². The lowest BCUT2D eigenvalue weighted by molar-refractivity contribution is -0.143. The highest BCUT2D eigenvalue weighted by Gasteiger charge is 2.33. The van der Waals surface area contributed by atoms with Gasteiger partial charge in [-0.25, -0.2) is 9.78 Å². The molecule has 1 aromatic rings. The van der Waals surface area contributed by atoms with E-state index in [0.29, 0.717) is 6.61 Å². The zero-order chi connectivity index (χ0) is 15.3. The van der Waals surface area contributed by atoms with Gasteiger partial charge in [0.05, 0.1) is 12.2 Å². The van der Waals surface area contributed by atoms with Crippen LogP contribution in [0.5, 0.6) is 5.88 Å². The molecule has 1 aromatic heterocycles. The number of carbonyl (C=O) groups excluding carboxylic acids is 1. The van der Waals surface area contributed by atoms with Crippen molar-refractivity contribution in [2.75, 3.05) is 6.61 Å². The third-order valence-electron chi connectivity index (χ3n) is 2.92. The Bertz CT molecular complexity index is 521. The maximum absolute atomic E-state index is 12.0. The third-order valence-corrected chi connectivity index (χ3v) is 3.19. The molecular weight excluding hydrogens is 284 g/mol. The van der Waals surface area contributed by atoms with Crippen LogP contribution in [0.3, 0.4) is 0 Å². The fourth-order valence-electron chi connectivity index (χ4n) is 1.41. The molecular formula is C13H17ClN2O4. The van der Waals surface area contributed by atoms with Gasteiger partial charge in [-0.15, -0.1) is 0 Å². The molecule has 0 aliphatic rings.